The number of benzene rings is 1. The van der Waals surface area contributed by atoms with Crippen molar-refractivity contribution in [2.75, 3.05) is 37.7 Å². The van der Waals surface area contributed by atoms with Crippen molar-refractivity contribution in [3.8, 4) is 0 Å². The molecule has 2 aromatic heterocycles. The molecule has 5 heteroatoms. The first-order valence-corrected chi connectivity index (χ1v) is 11.2. The molecule has 1 aromatic carbocycles. The van der Waals surface area contributed by atoms with Crippen molar-refractivity contribution < 1.29 is 4.74 Å². The zero-order valence-corrected chi connectivity index (χ0v) is 18.3. The normalized spacial score (nSPS) is 15.2. The fourth-order valence-electron chi connectivity index (χ4n) is 4.28. The summed E-state index contributed by atoms with van der Waals surface area (Å²) < 4.78 is 5.49. The zero-order chi connectivity index (χ0) is 21.8. The highest BCUT2D eigenvalue weighted by atomic mass is 16.5. The Labute approximate surface area is 189 Å². The summed E-state index contributed by atoms with van der Waals surface area (Å²) in [5.74, 6) is 0. The topological polar surface area (TPSA) is 50.3 Å². The van der Waals surface area contributed by atoms with Gasteiger partial charge in [-0.05, 0) is 29.7 Å². The minimum Gasteiger partial charge on any atom is -0.383 e. The summed E-state index contributed by atoms with van der Waals surface area (Å²) in [6.45, 7) is 8.37. The number of fused-ring (bicyclic) bond motifs is 1. The Morgan fingerprint density at radius 3 is 2.66 bits per heavy atom. The molecule has 1 saturated heterocycles. The van der Waals surface area contributed by atoms with Crippen LogP contribution in [-0.2, 0) is 17.6 Å². The molecular formula is C27H28N4O. The summed E-state index contributed by atoms with van der Waals surface area (Å²) in [7, 11) is 0. The Morgan fingerprint density at radius 2 is 1.88 bits per heavy atom. The molecule has 0 saturated carbocycles. The number of allylic oxidation sites excluding steroid dienone is 1. The van der Waals surface area contributed by atoms with Crippen LogP contribution in [-0.4, -0.2) is 42.8 Å². The van der Waals surface area contributed by atoms with Crippen LogP contribution in [0.1, 0.15) is 28.1 Å². The predicted octanol–water partition coefficient (Wildman–Crippen LogP) is 4.10. The molecule has 1 aliphatic heterocycles. The lowest BCUT2D eigenvalue weighted by atomic mass is 10.0. The third kappa shape index (κ3) is 4.43. The third-order valence-electron chi connectivity index (χ3n) is 6.10. The Bertz CT molecular complexity index is 1120. The van der Waals surface area contributed by atoms with Gasteiger partial charge in [-0.3, -0.25) is 9.97 Å². The summed E-state index contributed by atoms with van der Waals surface area (Å²) in [4.78, 5) is 11.8. The number of aromatic nitrogens is 2. The number of hydrogen-bond acceptors (Lipinski definition) is 5. The molecule has 2 aliphatic rings. The van der Waals surface area contributed by atoms with E-state index in [-0.39, 0.29) is 0 Å². The molecule has 0 spiro atoms. The molecule has 0 bridgehead atoms. The van der Waals surface area contributed by atoms with Gasteiger partial charge in [-0.25, -0.2) is 0 Å². The highest BCUT2D eigenvalue weighted by Gasteiger charge is 2.20. The Morgan fingerprint density at radius 1 is 1.03 bits per heavy atom. The van der Waals surface area contributed by atoms with E-state index >= 15 is 0 Å². The van der Waals surface area contributed by atoms with Crippen LogP contribution in [0.25, 0.3) is 11.3 Å². The Hall–Kier alpha value is -3.44. The minimum absolute atomic E-state index is 0.772. The molecule has 1 aliphatic carbocycles. The highest BCUT2D eigenvalue weighted by molar-refractivity contribution is 5.85. The second-order valence-electron chi connectivity index (χ2n) is 8.18. The number of hydrogen-bond donors (Lipinski definition) is 1. The zero-order valence-electron chi connectivity index (χ0n) is 18.3. The lowest BCUT2D eigenvalue weighted by Gasteiger charge is -2.29. The summed E-state index contributed by atoms with van der Waals surface area (Å²) in [5, 5.41) is 3.40. The maximum Gasteiger partial charge on any atom is 0.0855 e. The van der Waals surface area contributed by atoms with E-state index in [9.17, 15) is 0 Å². The van der Waals surface area contributed by atoms with Crippen molar-refractivity contribution in [3.63, 3.8) is 0 Å². The fourth-order valence-corrected chi connectivity index (χ4v) is 4.28. The number of ether oxygens (including phenoxy) is 1. The minimum atomic E-state index is 0.772. The predicted molar refractivity (Wildman–Crippen MR) is 129 cm³/mol. The van der Waals surface area contributed by atoms with E-state index in [0.717, 1.165) is 68.3 Å². The fraction of sp³-hybridized carbons (Fsp3) is 0.259. The number of rotatable bonds is 7. The van der Waals surface area contributed by atoms with E-state index in [2.05, 4.69) is 64.3 Å². The molecule has 32 heavy (non-hydrogen) atoms. The van der Waals surface area contributed by atoms with Crippen molar-refractivity contribution in [2.45, 2.75) is 12.8 Å². The Kier molecular flexibility index (Phi) is 5.99. The summed E-state index contributed by atoms with van der Waals surface area (Å²) in [6.07, 6.45) is 8.02. The number of anilines is 1. The van der Waals surface area contributed by atoms with Gasteiger partial charge in [-0.1, -0.05) is 49.1 Å². The molecule has 1 N–H and O–H groups in total. The first kappa shape index (κ1) is 20.5. The van der Waals surface area contributed by atoms with Crippen LogP contribution in [0.2, 0.25) is 0 Å². The lowest BCUT2D eigenvalue weighted by molar-refractivity contribution is 0.122. The van der Waals surface area contributed by atoms with Gasteiger partial charge in [0.15, 0.2) is 0 Å². The lowest BCUT2D eigenvalue weighted by Crippen LogP contribution is -2.36. The van der Waals surface area contributed by atoms with Gasteiger partial charge in [0.05, 0.1) is 42.2 Å². The molecule has 3 heterocycles. The van der Waals surface area contributed by atoms with Gasteiger partial charge in [0.25, 0.3) is 0 Å². The van der Waals surface area contributed by atoms with E-state index in [1.54, 1.807) is 0 Å². The molecule has 0 unspecified atom stereocenters. The van der Waals surface area contributed by atoms with Gasteiger partial charge in [0, 0.05) is 43.4 Å². The average Bonchev–Trinajstić information content (AvgIpc) is 3.28. The molecule has 5 rings (SSSR count). The number of pyridine rings is 2. The largest absolute Gasteiger partial charge is 0.383 e. The molecule has 0 atom stereocenters. The third-order valence-corrected chi connectivity index (χ3v) is 6.10. The van der Waals surface area contributed by atoms with Gasteiger partial charge in [-0.15, -0.1) is 0 Å². The number of nitrogens with one attached hydrogen (secondary N) is 1. The van der Waals surface area contributed by atoms with Crippen LogP contribution in [0.15, 0.2) is 73.6 Å². The van der Waals surface area contributed by atoms with Crippen molar-refractivity contribution >= 4 is 17.0 Å². The van der Waals surface area contributed by atoms with Gasteiger partial charge in [-0.2, -0.15) is 0 Å². The highest BCUT2D eigenvalue weighted by Crippen LogP contribution is 2.34. The van der Waals surface area contributed by atoms with Crippen LogP contribution in [0, 0.1) is 0 Å². The maximum atomic E-state index is 5.49. The van der Waals surface area contributed by atoms with Crippen molar-refractivity contribution in [1.29, 1.82) is 0 Å². The first-order chi connectivity index (χ1) is 15.8. The van der Waals surface area contributed by atoms with Crippen LogP contribution >= 0.6 is 0 Å². The van der Waals surface area contributed by atoms with Crippen LogP contribution in [0.4, 0.5) is 5.69 Å². The SMILES string of the molecule is C=C(NCCc1ccccc1)c1ccc(C2=CCc3ncc(N4CCOCC4)cc32)cn1. The van der Waals surface area contributed by atoms with E-state index in [1.165, 1.54) is 22.4 Å². The first-order valence-electron chi connectivity index (χ1n) is 11.2. The van der Waals surface area contributed by atoms with E-state index in [1.807, 2.05) is 24.5 Å². The molecule has 0 radical (unpaired) electrons. The molecule has 5 nitrogen and oxygen atoms in total. The van der Waals surface area contributed by atoms with Gasteiger partial charge in [0.2, 0.25) is 0 Å². The van der Waals surface area contributed by atoms with Crippen molar-refractivity contribution in [1.82, 2.24) is 15.3 Å². The summed E-state index contributed by atoms with van der Waals surface area (Å²) in [6, 6.07) is 16.9. The van der Waals surface area contributed by atoms with E-state index in [0.29, 0.717) is 0 Å². The van der Waals surface area contributed by atoms with Gasteiger partial charge < -0.3 is 15.0 Å². The van der Waals surface area contributed by atoms with Crippen molar-refractivity contribution in [2.24, 2.45) is 0 Å². The standard InChI is InChI=1S/C27H28N4O/c1-20(28-12-11-21-5-3-2-4-6-21)26-9-7-22(18-29-26)24-8-10-27-25(24)17-23(19-30-27)31-13-15-32-16-14-31/h2-9,17-19,28H,1,10-16H2. The maximum absolute atomic E-state index is 5.49. The van der Waals surface area contributed by atoms with Gasteiger partial charge >= 0.3 is 0 Å². The second-order valence-corrected chi connectivity index (χ2v) is 8.18. The van der Waals surface area contributed by atoms with Crippen molar-refractivity contribution in [3.05, 3.63) is 102 Å². The smallest absolute Gasteiger partial charge is 0.0855 e. The van der Waals surface area contributed by atoms with Crippen LogP contribution < -0.4 is 10.2 Å². The molecular weight excluding hydrogens is 396 g/mol. The molecule has 1 fully saturated rings. The van der Waals surface area contributed by atoms with Crippen LogP contribution in [0.5, 0.6) is 0 Å². The number of nitrogens with zero attached hydrogens (tertiary/aromatic N) is 3. The second kappa shape index (κ2) is 9.37. The number of morpholine rings is 1. The molecule has 3 aromatic rings. The van der Waals surface area contributed by atoms with E-state index in [4.69, 9.17) is 9.72 Å². The monoisotopic (exact) mass is 424 g/mol. The molecule has 0 amide bonds. The summed E-state index contributed by atoms with van der Waals surface area (Å²) in [5.41, 5.74) is 8.88. The van der Waals surface area contributed by atoms with Gasteiger partial charge in [0.1, 0.15) is 0 Å². The summed E-state index contributed by atoms with van der Waals surface area (Å²) >= 11 is 0. The molecule has 162 valence electrons. The Balaban J connectivity index is 1.25. The quantitative estimate of drug-likeness (QED) is 0.619. The van der Waals surface area contributed by atoms with Crippen LogP contribution in [0.3, 0.4) is 0 Å². The van der Waals surface area contributed by atoms with E-state index < -0.39 is 0 Å². The average molecular weight is 425 g/mol.